The fourth-order valence-corrected chi connectivity index (χ4v) is 1.64. The van der Waals surface area contributed by atoms with Crippen LogP contribution in [0.4, 0.5) is 0 Å². The number of nitrogens with zero attached hydrogens (tertiary/aromatic N) is 3. The minimum absolute atomic E-state index is 0.0454. The third-order valence-corrected chi connectivity index (χ3v) is 2.67. The van der Waals surface area contributed by atoms with Crippen LogP contribution in [0.3, 0.4) is 0 Å². The van der Waals surface area contributed by atoms with Crippen molar-refractivity contribution in [3.05, 3.63) is 11.9 Å². The molecule has 0 aliphatic heterocycles. The van der Waals surface area contributed by atoms with Crippen LogP contribution in [0.1, 0.15) is 25.5 Å². The van der Waals surface area contributed by atoms with Crippen molar-refractivity contribution in [3.8, 4) is 0 Å². The van der Waals surface area contributed by atoms with E-state index in [1.54, 1.807) is 6.20 Å². The third-order valence-electron chi connectivity index (χ3n) is 2.67. The van der Waals surface area contributed by atoms with Crippen LogP contribution in [-0.4, -0.2) is 66.3 Å². The molecule has 1 heterocycles. The van der Waals surface area contributed by atoms with Gasteiger partial charge < -0.3 is 19.3 Å². The molecule has 7 heteroatoms. The van der Waals surface area contributed by atoms with E-state index in [0.29, 0.717) is 52.1 Å². The molecule has 20 heavy (non-hydrogen) atoms. The lowest BCUT2D eigenvalue weighted by Gasteiger charge is -2.09. The van der Waals surface area contributed by atoms with Crippen LogP contribution >= 0.6 is 0 Å². The Hall–Kier alpha value is -1.02. The molecule has 1 N–H and O–H groups in total. The minimum Gasteiger partial charge on any atom is -0.394 e. The molecule has 116 valence electrons. The maximum Gasteiger partial charge on any atom is 0.0727 e. The molecule has 0 fully saturated rings. The molecule has 0 spiro atoms. The second-order valence-electron chi connectivity index (χ2n) is 4.60. The summed E-state index contributed by atoms with van der Waals surface area (Å²) >= 11 is 0. The van der Waals surface area contributed by atoms with E-state index in [4.69, 9.17) is 19.3 Å². The van der Waals surface area contributed by atoms with Gasteiger partial charge in [0.2, 0.25) is 0 Å². The summed E-state index contributed by atoms with van der Waals surface area (Å²) in [5.41, 5.74) is 1.12. The Kier molecular flexibility index (Phi) is 9.14. The van der Waals surface area contributed by atoms with Crippen LogP contribution in [0, 0.1) is 0 Å². The molecule has 0 radical (unpaired) electrons. The van der Waals surface area contributed by atoms with Gasteiger partial charge in [-0.2, -0.15) is 0 Å². The Bertz CT molecular complexity index is 344. The van der Waals surface area contributed by atoms with Crippen LogP contribution in [0.2, 0.25) is 0 Å². The smallest absolute Gasteiger partial charge is 0.0727 e. The molecule has 0 saturated heterocycles. The van der Waals surface area contributed by atoms with Crippen LogP contribution in [0.5, 0.6) is 0 Å². The highest BCUT2D eigenvalue weighted by atomic mass is 16.5. The topological polar surface area (TPSA) is 78.6 Å². The van der Waals surface area contributed by atoms with Crippen LogP contribution in [0.15, 0.2) is 6.20 Å². The summed E-state index contributed by atoms with van der Waals surface area (Å²) in [6.45, 7) is 8.02. The number of aliphatic hydroxyl groups excluding tert-OH is 1. The van der Waals surface area contributed by atoms with E-state index in [-0.39, 0.29) is 6.61 Å². The van der Waals surface area contributed by atoms with Gasteiger partial charge in [0.25, 0.3) is 0 Å². The minimum atomic E-state index is 0.0454. The Morgan fingerprint density at radius 2 is 1.65 bits per heavy atom. The predicted molar refractivity (Wildman–Crippen MR) is 73.7 cm³/mol. The largest absolute Gasteiger partial charge is 0.394 e. The van der Waals surface area contributed by atoms with Crippen molar-refractivity contribution in [2.24, 2.45) is 0 Å². The number of hydrogen-bond acceptors (Lipinski definition) is 6. The fraction of sp³-hybridized carbons (Fsp3) is 0.846. The molecule has 0 aromatic carbocycles. The normalized spacial score (nSPS) is 11.4. The van der Waals surface area contributed by atoms with Gasteiger partial charge in [-0.15, -0.1) is 5.10 Å². The number of rotatable bonds is 12. The number of ether oxygens (including phenoxy) is 3. The molecule has 0 unspecified atom stereocenters. The van der Waals surface area contributed by atoms with E-state index in [1.165, 1.54) is 0 Å². The van der Waals surface area contributed by atoms with Crippen molar-refractivity contribution in [2.45, 2.75) is 26.3 Å². The van der Waals surface area contributed by atoms with Crippen molar-refractivity contribution in [3.63, 3.8) is 0 Å². The SMILES string of the molecule is CC(C)c1cnnn1CCOCCOCCOCCO. The van der Waals surface area contributed by atoms with Crippen LogP contribution in [-0.2, 0) is 20.8 Å². The molecule has 0 saturated carbocycles. The van der Waals surface area contributed by atoms with Gasteiger partial charge in [0.05, 0.1) is 64.7 Å². The summed E-state index contributed by atoms with van der Waals surface area (Å²) in [7, 11) is 0. The lowest BCUT2D eigenvalue weighted by atomic mass is 10.1. The third kappa shape index (κ3) is 6.95. The highest BCUT2D eigenvalue weighted by Crippen LogP contribution is 2.11. The van der Waals surface area contributed by atoms with E-state index in [2.05, 4.69) is 24.2 Å². The Morgan fingerprint density at radius 1 is 1.05 bits per heavy atom. The van der Waals surface area contributed by atoms with Gasteiger partial charge >= 0.3 is 0 Å². The van der Waals surface area contributed by atoms with Gasteiger partial charge in [-0.3, -0.25) is 0 Å². The van der Waals surface area contributed by atoms with Crippen molar-refractivity contribution in [2.75, 3.05) is 46.2 Å². The molecule has 0 aliphatic carbocycles. The molecule has 0 bridgehead atoms. The van der Waals surface area contributed by atoms with Crippen molar-refractivity contribution in [1.29, 1.82) is 0 Å². The molecular weight excluding hydrogens is 262 g/mol. The first kappa shape index (κ1) is 17.0. The fourth-order valence-electron chi connectivity index (χ4n) is 1.64. The second-order valence-corrected chi connectivity index (χ2v) is 4.60. The highest BCUT2D eigenvalue weighted by molar-refractivity contribution is 4.99. The Balaban J connectivity index is 1.96. The van der Waals surface area contributed by atoms with Crippen molar-refractivity contribution >= 4 is 0 Å². The van der Waals surface area contributed by atoms with Crippen LogP contribution in [0.25, 0.3) is 0 Å². The lowest BCUT2D eigenvalue weighted by molar-refractivity contribution is 0.00619. The number of aromatic nitrogens is 3. The van der Waals surface area contributed by atoms with Gasteiger partial charge in [0.15, 0.2) is 0 Å². The molecule has 7 nitrogen and oxygen atoms in total. The lowest BCUT2D eigenvalue weighted by Crippen LogP contribution is -2.14. The van der Waals surface area contributed by atoms with E-state index in [1.807, 2.05) is 4.68 Å². The summed E-state index contributed by atoms with van der Waals surface area (Å²) in [6, 6.07) is 0. The average Bonchev–Trinajstić information content (AvgIpc) is 2.89. The van der Waals surface area contributed by atoms with E-state index in [9.17, 15) is 0 Å². The molecule has 0 aliphatic rings. The zero-order valence-corrected chi connectivity index (χ0v) is 12.3. The summed E-state index contributed by atoms with van der Waals surface area (Å²) < 4.78 is 17.7. The summed E-state index contributed by atoms with van der Waals surface area (Å²) in [6.07, 6.45) is 1.79. The number of hydrogen-bond donors (Lipinski definition) is 1. The maximum atomic E-state index is 8.50. The van der Waals surface area contributed by atoms with Gasteiger partial charge in [0.1, 0.15) is 0 Å². The predicted octanol–water partition coefficient (Wildman–Crippen LogP) is 0.444. The molecule has 1 aromatic rings. The van der Waals surface area contributed by atoms with Gasteiger partial charge in [0, 0.05) is 0 Å². The quantitative estimate of drug-likeness (QED) is 0.562. The average molecular weight is 287 g/mol. The molecule has 1 aromatic heterocycles. The molecule has 1 rings (SSSR count). The second kappa shape index (κ2) is 10.7. The first-order valence-electron chi connectivity index (χ1n) is 6.98. The van der Waals surface area contributed by atoms with Crippen molar-refractivity contribution in [1.82, 2.24) is 15.0 Å². The zero-order valence-electron chi connectivity index (χ0n) is 12.3. The van der Waals surface area contributed by atoms with E-state index < -0.39 is 0 Å². The Morgan fingerprint density at radius 3 is 2.25 bits per heavy atom. The summed E-state index contributed by atoms with van der Waals surface area (Å²) in [5.74, 6) is 0.409. The molecular formula is C13H25N3O4. The van der Waals surface area contributed by atoms with Gasteiger partial charge in [-0.05, 0) is 5.92 Å². The van der Waals surface area contributed by atoms with Crippen molar-refractivity contribution < 1.29 is 19.3 Å². The zero-order chi connectivity index (χ0) is 14.6. The van der Waals surface area contributed by atoms with Gasteiger partial charge in [-0.1, -0.05) is 19.1 Å². The molecule has 0 amide bonds. The monoisotopic (exact) mass is 287 g/mol. The van der Waals surface area contributed by atoms with Gasteiger partial charge in [-0.25, -0.2) is 4.68 Å². The number of aliphatic hydroxyl groups is 1. The first-order chi connectivity index (χ1) is 9.75. The maximum absolute atomic E-state index is 8.50. The van der Waals surface area contributed by atoms with E-state index in [0.717, 1.165) is 5.69 Å². The summed E-state index contributed by atoms with van der Waals surface area (Å²) in [4.78, 5) is 0. The highest BCUT2D eigenvalue weighted by Gasteiger charge is 2.07. The standard InChI is InChI=1S/C13H25N3O4/c1-12(2)13-11-14-15-16(13)3-5-18-7-9-20-10-8-19-6-4-17/h11-12,17H,3-10H2,1-2H3. The van der Waals surface area contributed by atoms with E-state index >= 15 is 0 Å². The van der Waals surface area contributed by atoms with Crippen LogP contribution < -0.4 is 0 Å². The summed E-state index contributed by atoms with van der Waals surface area (Å²) in [5, 5.41) is 16.4. The Labute approximate surface area is 119 Å². The first-order valence-corrected chi connectivity index (χ1v) is 6.98. The molecule has 0 atom stereocenters.